The summed E-state index contributed by atoms with van der Waals surface area (Å²) in [5.41, 5.74) is 1.36. The molecule has 1 atom stereocenters. The molecule has 1 aromatic carbocycles. The largest absolute Gasteiger partial charge is 0.497 e. The molecule has 0 heterocycles. The van der Waals surface area contributed by atoms with Crippen LogP contribution in [0.2, 0.25) is 0 Å². The molecule has 0 aromatic heterocycles. The van der Waals surface area contributed by atoms with Gasteiger partial charge in [0, 0.05) is 12.6 Å². The fourth-order valence-electron chi connectivity index (χ4n) is 2.70. The maximum Gasteiger partial charge on any atom is 0.118 e. The Morgan fingerprint density at radius 3 is 2.33 bits per heavy atom. The number of hydrogen-bond acceptors (Lipinski definition) is 3. The Morgan fingerprint density at radius 2 is 1.76 bits per heavy atom. The van der Waals surface area contributed by atoms with Crippen molar-refractivity contribution in [1.29, 1.82) is 0 Å². The second kappa shape index (κ2) is 10.6. The quantitative estimate of drug-likeness (QED) is 0.634. The molecule has 0 aliphatic heterocycles. The fourth-order valence-corrected chi connectivity index (χ4v) is 2.70. The summed E-state index contributed by atoms with van der Waals surface area (Å²) in [5.74, 6) is 0.919. The number of aliphatic hydroxyl groups excluding tert-OH is 1. The minimum atomic E-state index is 0.325. The van der Waals surface area contributed by atoms with Crippen molar-refractivity contribution in [1.82, 2.24) is 4.90 Å². The van der Waals surface area contributed by atoms with Crippen molar-refractivity contribution < 1.29 is 9.84 Å². The molecule has 3 heteroatoms. The van der Waals surface area contributed by atoms with Crippen molar-refractivity contribution in [2.45, 2.75) is 52.0 Å². The van der Waals surface area contributed by atoms with Crippen LogP contribution in [-0.2, 0) is 6.42 Å². The lowest BCUT2D eigenvalue weighted by atomic mass is 10.1. The second-order valence-electron chi connectivity index (χ2n) is 5.67. The molecule has 0 saturated carbocycles. The van der Waals surface area contributed by atoms with E-state index in [1.807, 2.05) is 12.1 Å². The van der Waals surface area contributed by atoms with Crippen molar-refractivity contribution in [3.8, 4) is 5.75 Å². The first-order chi connectivity index (χ1) is 10.2. The summed E-state index contributed by atoms with van der Waals surface area (Å²) in [4.78, 5) is 2.54. The van der Waals surface area contributed by atoms with Gasteiger partial charge < -0.3 is 14.7 Å². The van der Waals surface area contributed by atoms with Gasteiger partial charge in [-0.15, -0.1) is 0 Å². The molecule has 0 amide bonds. The van der Waals surface area contributed by atoms with Gasteiger partial charge >= 0.3 is 0 Å². The normalized spacial score (nSPS) is 12.6. The third kappa shape index (κ3) is 6.96. The molecule has 0 bridgehead atoms. The van der Waals surface area contributed by atoms with Crippen molar-refractivity contribution in [2.24, 2.45) is 0 Å². The number of likely N-dealkylation sites (N-methyl/N-ethyl adjacent to an activating group) is 1. The van der Waals surface area contributed by atoms with Gasteiger partial charge in [-0.2, -0.15) is 0 Å². The van der Waals surface area contributed by atoms with Gasteiger partial charge in [-0.25, -0.2) is 0 Å². The number of unbranched alkanes of at least 4 members (excludes halogenated alkanes) is 3. The van der Waals surface area contributed by atoms with Gasteiger partial charge in [0.15, 0.2) is 0 Å². The van der Waals surface area contributed by atoms with Gasteiger partial charge in [0.1, 0.15) is 5.75 Å². The molecule has 1 rings (SSSR count). The summed E-state index contributed by atoms with van der Waals surface area (Å²) in [6.07, 6.45) is 5.59. The zero-order valence-corrected chi connectivity index (χ0v) is 13.8. The van der Waals surface area contributed by atoms with Crippen LogP contribution in [0.1, 0.15) is 45.1 Å². The Bertz CT molecular complexity index is 364. The van der Waals surface area contributed by atoms with E-state index in [-0.39, 0.29) is 0 Å². The lowest BCUT2D eigenvalue weighted by Gasteiger charge is -2.28. The first kappa shape index (κ1) is 18.0. The molecular formula is C18H31NO2. The van der Waals surface area contributed by atoms with E-state index in [0.29, 0.717) is 12.6 Å². The molecule has 0 saturated heterocycles. The van der Waals surface area contributed by atoms with E-state index in [1.165, 1.54) is 18.4 Å². The lowest BCUT2D eigenvalue weighted by molar-refractivity contribution is 0.212. The predicted molar refractivity (Wildman–Crippen MR) is 89.0 cm³/mol. The lowest BCUT2D eigenvalue weighted by Crippen LogP contribution is -2.35. The van der Waals surface area contributed by atoms with Crippen LogP contribution in [-0.4, -0.2) is 42.9 Å². The van der Waals surface area contributed by atoms with E-state index in [0.717, 1.165) is 38.1 Å². The Hall–Kier alpha value is -1.06. The van der Waals surface area contributed by atoms with Crippen molar-refractivity contribution in [3.05, 3.63) is 29.8 Å². The summed E-state index contributed by atoms with van der Waals surface area (Å²) in [7, 11) is 1.70. The predicted octanol–water partition coefficient (Wildman–Crippen LogP) is 3.50. The highest BCUT2D eigenvalue weighted by Gasteiger charge is 2.12. The molecule has 0 radical (unpaired) electrons. The molecule has 1 unspecified atom stereocenters. The van der Waals surface area contributed by atoms with Crippen LogP contribution in [0.15, 0.2) is 24.3 Å². The second-order valence-corrected chi connectivity index (χ2v) is 5.67. The molecule has 1 aromatic rings. The number of benzene rings is 1. The first-order valence-corrected chi connectivity index (χ1v) is 8.19. The summed E-state index contributed by atoms with van der Waals surface area (Å²) in [6, 6.07) is 8.94. The van der Waals surface area contributed by atoms with E-state index >= 15 is 0 Å². The zero-order valence-electron chi connectivity index (χ0n) is 13.8. The molecule has 120 valence electrons. The highest BCUT2D eigenvalue weighted by Crippen LogP contribution is 2.15. The highest BCUT2D eigenvalue weighted by molar-refractivity contribution is 5.27. The number of hydrogen-bond donors (Lipinski definition) is 1. The summed E-state index contributed by atoms with van der Waals surface area (Å²) < 4.78 is 5.20. The monoisotopic (exact) mass is 293 g/mol. The summed E-state index contributed by atoms with van der Waals surface area (Å²) >= 11 is 0. The first-order valence-electron chi connectivity index (χ1n) is 8.19. The maximum absolute atomic E-state index is 8.79. The van der Waals surface area contributed by atoms with E-state index in [9.17, 15) is 0 Å². The standard InChI is InChI=1S/C18H31NO2/c1-4-19(13-7-5-6-8-14-20)16(2)15-17-9-11-18(21-3)12-10-17/h9-12,16,20H,4-8,13-15H2,1-3H3. The van der Waals surface area contributed by atoms with Crippen LogP contribution in [0, 0.1) is 0 Å². The SMILES string of the molecule is CCN(CCCCCCO)C(C)Cc1ccc(OC)cc1. The van der Waals surface area contributed by atoms with Crippen LogP contribution >= 0.6 is 0 Å². The Kier molecular flexibility index (Phi) is 9.11. The van der Waals surface area contributed by atoms with Gasteiger partial charge in [-0.05, 0) is 57.0 Å². The number of rotatable bonds is 11. The molecule has 0 aliphatic carbocycles. The molecule has 0 aliphatic rings. The van der Waals surface area contributed by atoms with Gasteiger partial charge in [-0.1, -0.05) is 31.9 Å². The Balaban J connectivity index is 2.37. The van der Waals surface area contributed by atoms with Crippen LogP contribution in [0.5, 0.6) is 5.75 Å². The number of methoxy groups -OCH3 is 1. The third-order valence-electron chi connectivity index (χ3n) is 4.07. The molecular weight excluding hydrogens is 262 g/mol. The maximum atomic E-state index is 8.79. The summed E-state index contributed by atoms with van der Waals surface area (Å²) in [5, 5.41) is 8.79. The average molecular weight is 293 g/mol. The van der Waals surface area contributed by atoms with Gasteiger partial charge in [0.05, 0.1) is 7.11 Å². The average Bonchev–Trinajstić information content (AvgIpc) is 2.51. The topological polar surface area (TPSA) is 32.7 Å². The smallest absolute Gasteiger partial charge is 0.118 e. The highest BCUT2D eigenvalue weighted by atomic mass is 16.5. The Morgan fingerprint density at radius 1 is 1.10 bits per heavy atom. The van der Waals surface area contributed by atoms with Crippen molar-refractivity contribution in [2.75, 3.05) is 26.8 Å². The molecule has 1 N–H and O–H groups in total. The van der Waals surface area contributed by atoms with E-state index in [1.54, 1.807) is 7.11 Å². The van der Waals surface area contributed by atoms with Crippen molar-refractivity contribution in [3.63, 3.8) is 0 Å². The van der Waals surface area contributed by atoms with Crippen LogP contribution in [0.3, 0.4) is 0 Å². The van der Waals surface area contributed by atoms with E-state index < -0.39 is 0 Å². The number of aliphatic hydroxyl groups is 1. The van der Waals surface area contributed by atoms with E-state index in [2.05, 4.69) is 30.9 Å². The van der Waals surface area contributed by atoms with Crippen molar-refractivity contribution >= 4 is 0 Å². The molecule has 0 spiro atoms. The molecule has 0 fully saturated rings. The van der Waals surface area contributed by atoms with Crippen LogP contribution in [0.25, 0.3) is 0 Å². The van der Waals surface area contributed by atoms with Gasteiger partial charge in [0.2, 0.25) is 0 Å². The third-order valence-corrected chi connectivity index (χ3v) is 4.07. The van der Waals surface area contributed by atoms with Gasteiger partial charge in [0.25, 0.3) is 0 Å². The van der Waals surface area contributed by atoms with Gasteiger partial charge in [-0.3, -0.25) is 0 Å². The minimum absolute atomic E-state index is 0.325. The number of ether oxygens (including phenoxy) is 1. The minimum Gasteiger partial charge on any atom is -0.497 e. The summed E-state index contributed by atoms with van der Waals surface area (Å²) in [6.45, 7) is 7.11. The zero-order chi connectivity index (χ0) is 15.5. The fraction of sp³-hybridized carbons (Fsp3) is 0.667. The molecule has 21 heavy (non-hydrogen) atoms. The van der Waals surface area contributed by atoms with E-state index in [4.69, 9.17) is 9.84 Å². The van der Waals surface area contributed by atoms with Crippen LogP contribution in [0.4, 0.5) is 0 Å². The Labute approximate surface area is 129 Å². The number of nitrogens with zero attached hydrogens (tertiary/aromatic N) is 1. The van der Waals surface area contributed by atoms with Crippen LogP contribution < -0.4 is 4.74 Å². The molecule has 3 nitrogen and oxygen atoms in total.